The van der Waals surface area contributed by atoms with Crippen molar-refractivity contribution in [1.82, 2.24) is 34.8 Å². The maximum atomic E-state index is 15.2. The molecule has 3 amide bonds. The Morgan fingerprint density at radius 2 is 1.59 bits per heavy atom. The van der Waals surface area contributed by atoms with Crippen LogP contribution in [0.4, 0.5) is 54.5 Å². The number of sulfone groups is 1. The summed E-state index contributed by atoms with van der Waals surface area (Å²) in [7, 11) is -13.1. The molecule has 18 nitrogen and oxygen atoms in total. The lowest BCUT2D eigenvalue weighted by Crippen LogP contribution is -2.47. The van der Waals surface area contributed by atoms with Crippen molar-refractivity contribution in [3.05, 3.63) is 93.0 Å². The number of urea groups is 1. The van der Waals surface area contributed by atoms with Crippen LogP contribution in [0.2, 0.25) is 5.02 Å². The molecule has 3 aromatic heterocycles. The number of alkyl halides is 8. The highest BCUT2D eigenvalue weighted by molar-refractivity contribution is 7.93. The molecule has 75 heavy (non-hydrogen) atoms. The summed E-state index contributed by atoms with van der Waals surface area (Å²) < 4.78 is 213. The van der Waals surface area contributed by atoms with Gasteiger partial charge in [-0.2, -0.15) is 49.6 Å². The highest BCUT2D eigenvalue weighted by Crippen LogP contribution is 2.47. The summed E-state index contributed by atoms with van der Waals surface area (Å²) in [5.41, 5.74) is -6.49. The first kappa shape index (κ1) is 58.4. The van der Waals surface area contributed by atoms with E-state index in [2.05, 4.69) is 36.9 Å². The molecule has 1 aliphatic carbocycles. The van der Waals surface area contributed by atoms with Crippen molar-refractivity contribution in [3.63, 3.8) is 0 Å². The number of aromatic nitrogens is 5. The Morgan fingerprint density at radius 1 is 0.973 bits per heavy atom. The molecule has 0 saturated carbocycles. The van der Waals surface area contributed by atoms with Crippen molar-refractivity contribution < 1.29 is 89.2 Å². The van der Waals surface area contributed by atoms with E-state index in [1.807, 2.05) is 0 Å². The number of nitrogens with zero attached hydrogens (tertiary/aromatic N) is 7. The van der Waals surface area contributed by atoms with Crippen LogP contribution in [0.1, 0.15) is 67.1 Å². The maximum absolute atomic E-state index is 15.2. The van der Waals surface area contributed by atoms with E-state index >= 15 is 8.78 Å². The minimum atomic E-state index is -5.26. The highest BCUT2D eigenvalue weighted by Gasteiger charge is 2.50. The molecule has 0 unspecified atom stereocenters. The van der Waals surface area contributed by atoms with Gasteiger partial charge in [-0.3, -0.25) is 18.7 Å². The third-order valence-corrected chi connectivity index (χ3v) is 15.2. The lowest BCUT2D eigenvalue weighted by molar-refractivity contribution is -0.142. The van der Waals surface area contributed by atoms with Crippen LogP contribution < -0.4 is 9.62 Å². The van der Waals surface area contributed by atoms with Gasteiger partial charge >= 0.3 is 26.2 Å². The zero-order valence-corrected chi connectivity index (χ0v) is 42.9. The molecule has 2 atom stereocenters. The normalized spacial score (nSPS) is 15.0. The van der Waals surface area contributed by atoms with E-state index in [1.54, 1.807) is 0 Å². The molecular weight excluding hydrogens is 1110 g/mol. The first-order valence-electron chi connectivity index (χ1n) is 21.5. The number of phosphoric acid groups is 1. The Labute approximate surface area is 425 Å². The van der Waals surface area contributed by atoms with Crippen LogP contribution in [0.5, 0.6) is 0 Å². The molecule has 0 bridgehead atoms. The van der Waals surface area contributed by atoms with Crippen LogP contribution in [-0.2, 0) is 71.8 Å². The third-order valence-electron chi connectivity index (χ3n) is 11.3. The lowest BCUT2D eigenvalue weighted by Gasteiger charge is -2.27. The summed E-state index contributed by atoms with van der Waals surface area (Å²) in [4.78, 5) is 51.7. The molecular formula is C43H42ClF10N8O10PS2. The van der Waals surface area contributed by atoms with Crippen molar-refractivity contribution >= 4 is 67.9 Å². The van der Waals surface area contributed by atoms with Gasteiger partial charge in [-0.05, 0) is 75.4 Å². The maximum Gasteiger partial charge on any atom is 0.469 e. The summed E-state index contributed by atoms with van der Waals surface area (Å²) in [5.74, 6) is -3.68. The number of rotatable bonds is 15. The lowest BCUT2D eigenvalue weighted by atomic mass is 9.93. The molecule has 0 radical (unpaired) electrons. The number of pyridine rings is 1. The average Bonchev–Trinajstić information content (AvgIpc) is 3.89. The van der Waals surface area contributed by atoms with Crippen molar-refractivity contribution in [2.45, 2.75) is 88.3 Å². The first-order chi connectivity index (χ1) is 34.2. The van der Waals surface area contributed by atoms with Crippen LogP contribution in [0.25, 0.3) is 22.0 Å². The van der Waals surface area contributed by atoms with Crippen LogP contribution in [0.3, 0.4) is 0 Å². The Bertz CT molecular complexity index is 3430. The number of carbonyl (C=O) groups excluding carboxylic acids is 2. The summed E-state index contributed by atoms with van der Waals surface area (Å²) in [6.45, 7) is -0.631. The smallest absolute Gasteiger partial charge is 0.346 e. The van der Waals surface area contributed by atoms with Gasteiger partial charge in [0.25, 0.3) is 5.92 Å². The quantitative estimate of drug-likeness (QED) is 0.0526. The van der Waals surface area contributed by atoms with E-state index in [4.69, 9.17) is 11.6 Å². The summed E-state index contributed by atoms with van der Waals surface area (Å²) >= 11 is 6.63. The molecule has 0 aliphatic heterocycles. The molecule has 5 aromatic rings. The molecule has 6 rings (SSSR count). The minimum absolute atomic E-state index is 0.0647. The predicted molar refractivity (Wildman–Crippen MR) is 248 cm³/mol. The SMILES string of the molecule is C[C@H](CN(C)C(=O)N(c1nn(CC(F)(F)F)c2c(-c3ccc(C#CC(C)(C)S(C)(=O)=O)nc3[C@H](Cc3cc(F)cc(F)c3)NC(=O)Cn3nc(C(F)(F)F)c4c3C(F)(F)CC4)ccc(Cl)c12)S(C)(=O)=O)OP(=O)(O)O. The molecule has 3 N–H and O–H groups in total. The molecule has 3 heterocycles. The molecule has 0 saturated heterocycles. The van der Waals surface area contributed by atoms with Crippen molar-refractivity contribution in [3.8, 4) is 23.0 Å². The number of carbonyl (C=O) groups is 2. The second kappa shape index (κ2) is 20.6. The molecule has 32 heteroatoms. The number of amides is 3. The van der Waals surface area contributed by atoms with Gasteiger partial charge in [0.2, 0.25) is 15.9 Å². The van der Waals surface area contributed by atoms with Gasteiger partial charge in [-0.1, -0.05) is 23.6 Å². The number of sulfonamides is 1. The van der Waals surface area contributed by atoms with Crippen LogP contribution in [0.15, 0.2) is 42.5 Å². The monoisotopic (exact) mass is 1150 g/mol. The molecule has 1 aliphatic rings. The number of hydrogen-bond donors (Lipinski definition) is 3. The van der Waals surface area contributed by atoms with E-state index < -0.39 is 175 Å². The van der Waals surface area contributed by atoms with Gasteiger partial charge in [0.15, 0.2) is 21.3 Å². The third kappa shape index (κ3) is 13.4. The second-order valence-corrected chi connectivity index (χ2v) is 23.8. The van der Waals surface area contributed by atoms with Crippen molar-refractivity contribution in [2.75, 3.05) is 30.4 Å². The summed E-state index contributed by atoms with van der Waals surface area (Å²) in [6.07, 6.45) is -13.2. The van der Waals surface area contributed by atoms with Crippen molar-refractivity contribution in [2.24, 2.45) is 0 Å². The zero-order valence-electron chi connectivity index (χ0n) is 39.7. The number of hydrogen-bond acceptors (Lipinski definition) is 11. The molecule has 0 spiro atoms. The Kier molecular flexibility index (Phi) is 16.1. The van der Waals surface area contributed by atoms with Gasteiger partial charge in [-0.25, -0.2) is 40.0 Å². The van der Waals surface area contributed by atoms with Crippen LogP contribution in [0, 0.1) is 23.5 Å². The van der Waals surface area contributed by atoms with E-state index in [0.29, 0.717) is 17.2 Å². The number of nitrogens with one attached hydrogen (secondary N) is 1. The fraction of sp³-hybridized carbons (Fsp3) is 0.419. The molecule has 2 aromatic carbocycles. The number of benzene rings is 2. The fourth-order valence-electron chi connectivity index (χ4n) is 7.97. The van der Waals surface area contributed by atoms with E-state index in [0.717, 1.165) is 56.6 Å². The topological polar surface area (TPSA) is 236 Å². The van der Waals surface area contributed by atoms with Gasteiger partial charge in [-0.15, -0.1) is 0 Å². The minimum Gasteiger partial charge on any atom is -0.346 e. The first-order valence-corrected chi connectivity index (χ1v) is 27.1. The highest BCUT2D eigenvalue weighted by atomic mass is 35.5. The number of likely N-dealkylation sites (N-methyl/N-ethyl adjacent to an activating group) is 1. The molecule has 0 fully saturated rings. The molecule has 408 valence electrons. The Hall–Kier alpha value is -5.83. The number of phosphoric ester groups is 1. The second-order valence-electron chi connectivity index (χ2n) is 17.8. The van der Waals surface area contributed by atoms with Crippen LogP contribution in [-0.4, -0.2) is 111 Å². The van der Waals surface area contributed by atoms with Crippen molar-refractivity contribution in [1.29, 1.82) is 0 Å². The standard InChI is InChI=1S/C43H42ClF10N8O10PS2/c1-22(72-73(65,66)67)19-59(4)39(64)62(75(6,70)71)38-33-30(44)10-9-28(35(33)61(58-38)21-42(49,50)51)27-8-7-26(11-13-40(2,3)74(5,68)69)55-34(27)31(17-23-15-24(45)18-25(46)16-23)56-32(63)20-60-37-29(12-14-41(37,47)48)36(57-60)43(52,53)54/h7-10,15-16,18,22,31H,12,14,17,19-21H2,1-6H3,(H,56,63)(H2,65,66,67)/t22-,31+/m1/s1. The fourth-order valence-corrected chi connectivity index (χ4v) is 9.85. The van der Waals surface area contributed by atoms with E-state index in [9.17, 15) is 75.9 Å². The largest absolute Gasteiger partial charge is 0.469 e. The average molecular weight is 1150 g/mol. The van der Waals surface area contributed by atoms with Gasteiger partial charge in [0.05, 0.1) is 40.0 Å². The number of halogens is 11. The van der Waals surface area contributed by atoms with Gasteiger partial charge in [0, 0.05) is 49.0 Å². The Balaban J connectivity index is 1.65. The predicted octanol–water partition coefficient (Wildman–Crippen LogP) is 7.44. The summed E-state index contributed by atoms with van der Waals surface area (Å²) in [5, 5.41) is 8.32. The number of anilines is 1. The van der Waals surface area contributed by atoms with E-state index in [-0.39, 0.29) is 30.5 Å². The Morgan fingerprint density at radius 3 is 2.15 bits per heavy atom. The van der Waals surface area contributed by atoms with Gasteiger partial charge < -0.3 is 20.0 Å². The van der Waals surface area contributed by atoms with Gasteiger partial charge in [0.1, 0.15) is 40.9 Å². The van der Waals surface area contributed by atoms with Crippen LogP contribution >= 0.6 is 19.4 Å². The number of fused-ring (bicyclic) bond motifs is 2. The van der Waals surface area contributed by atoms with E-state index in [1.165, 1.54) is 13.8 Å². The zero-order chi connectivity index (χ0) is 56.3. The summed E-state index contributed by atoms with van der Waals surface area (Å²) in [6, 6.07) is 2.85.